The maximum absolute atomic E-state index is 13.5. The van der Waals surface area contributed by atoms with E-state index in [1.807, 2.05) is 24.3 Å². The summed E-state index contributed by atoms with van der Waals surface area (Å²) in [5.41, 5.74) is 1.91. The van der Waals surface area contributed by atoms with Crippen molar-refractivity contribution in [3.05, 3.63) is 59.1 Å². The summed E-state index contributed by atoms with van der Waals surface area (Å²) in [4.78, 5) is 13.1. The molecule has 0 bridgehead atoms. The first-order valence-electron chi connectivity index (χ1n) is 11.6. The lowest BCUT2D eigenvalue weighted by atomic mass is 10.1. The summed E-state index contributed by atoms with van der Waals surface area (Å²) in [5.74, 6) is -0.326. The number of hydrogen-bond acceptors (Lipinski definition) is 3. The zero-order valence-corrected chi connectivity index (χ0v) is 20.3. The van der Waals surface area contributed by atoms with Crippen molar-refractivity contribution in [3.63, 3.8) is 0 Å². The Bertz CT molecular complexity index is 967. The normalized spacial score (nSPS) is 15.5. The highest BCUT2D eigenvalue weighted by Gasteiger charge is 2.33. The first-order valence-corrected chi connectivity index (χ1v) is 13.4. The lowest BCUT2D eigenvalue weighted by Gasteiger charge is -2.30. The summed E-state index contributed by atoms with van der Waals surface area (Å²) in [6, 6.07) is 13.8. The van der Waals surface area contributed by atoms with Crippen molar-refractivity contribution in [2.45, 2.75) is 75.6 Å². The molecule has 1 fully saturated rings. The summed E-state index contributed by atoms with van der Waals surface area (Å²) >= 11 is 5.95. The molecule has 1 N–H and O–H groups in total. The second kappa shape index (κ2) is 11.8. The summed E-state index contributed by atoms with van der Waals surface area (Å²) in [7, 11) is -3.82. The van der Waals surface area contributed by atoms with Crippen LogP contribution in [0.5, 0.6) is 0 Å². The minimum atomic E-state index is -3.82. The van der Waals surface area contributed by atoms with E-state index in [2.05, 4.69) is 12.2 Å². The quantitative estimate of drug-likeness (QED) is 0.449. The van der Waals surface area contributed by atoms with Crippen molar-refractivity contribution in [2.24, 2.45) is 0 Å². The molecule has 0 atom stereocenters. The minimum absolute atomic E-state index is 0.166. The number of anilines is 1. The van der Waals surface area contributed by atoms with Crippen molar-refractivity contribution in [1.82, 2.24) is 4.31 Å². The van der Waals surface area contributed by atoms with Crippen molar-refractivity contribution in [3.8, 4) is 0 Å². The minimum Gasteiger partial charge on any atom is -0.325 e. The molecule has 3 rings (SSSR count). The Labute approximate surface area is 197 Å². The summed E-state index contributed by atoms with van der Waals surface area (Å²) in [6.45, 7) is 1.96. The number of aryl methyl sites for hydroxylation is 1. The Balaban J connectivity index is 1.77. The van der Waals surface area contributed by atoms with Crippen LogP contribution in [0.25, 0.3) is 0 Å². The number of unbranched alkanes of at least 4 members (excludes halogenated alkanes) is 1. The van der Waals surface area contributed by atoms with E-state index in [0.717, 1.165) is 57.8 Å². The molecular weight excluding hydrogens is 444 g/mol. The van der Waals surface area contributed by atoms with Gasteiger partial charge in [-0.15, -0.1) is 0 Å². The van der Waals surface area contributed by atoms with Gasteiger partial charge < -0.3 is 5.32 Å². The van der Waals surface area contributed by atoms with Gasteiger partial charge in [0.05, 0.1) is 11.4 Å². The number of nitrogens with zero attached hydrogens (tertiary/aromatic N) is 1. The van der Waals surface area contributed by atoms with E-state index < -0.39 is 10.0 Å². The third-order valence-electron chi connectivity index (χ3n) is 6.01. The second-order valence-electron chi connectivity index (χ2n) is 8.50. The molecule has 174 valence electrons. The zero-order chi connectivity index (χ0) is 23.0. The van der Waals surface area contributed by atoms with Gasteiger partial charge in [-0.25, -0.2) is 8.42 Å². The number of amides is 1. The molecule has 1 aliphatic carbocycles. The summed E-state index contributed by atoms with van der Waals surface area (Å²) in [5, 5.41) is 3.35. The highest BCUT2D eigenvalue weighted by atomic mass is 35.5. The second-order valence-corrected chi connectivity index (χ2v) is 10.8. The Morgan fingerprint density at radius 2 is 1.62 bits per heavy atom. The number of sulfonamides is 1. The predicted molar refractivity (Wildman–Crippen MR) is 131 cm³/mol. The summed E-state index contributed by atoms with van der Waals surface area (Å²) < 4.78 is 28.4. The van der Waals surface area contributed by atoms with Gasteiger partial charge in [0, 0.05) is 16.8 Å². The topological polar surface area (TPSA) is 66.5 Å². The molecule has 0 aliphatic heterocycles. The van der Waals surface area contributed by atoms with E-state index in [9.17, 15) is 13.2 Å². The standard InChI is InChI=1S/C25H33ClN2O3S/c1-2-3-8-20-11-15-22(16-12-20)27-25(29)19-28(23-9-6-4-5-7-10-23)32(30,31)24-17-13-21(26)14-18-24/h11-18,23H,2-10,19H2,1H3,(H,27,29). The van der Waals surface area contributed by atoms with Gasteiger partial charge >= 0.3 is 0 Å². The molecule has 0 spiro atoms. The van der Waals surface area contributed by atoms with Crippen LogP contribution in [0.3, 0.4) is 0 Å². The van der Waals surface area contributed by atoms with Crippen LogP contribution in [0, 0.1) is 0 Å². The van der Waals surface area contributed by atoms with E-state index >= 15 is 0 Å². The fourth-order valence-electron chi connectivity index (χ4n) is 4.18. The summed E-state index contributed by atoms with van der Waals surface area (Å²) in [6.07, 6.45) is 8.96. The first-order chi connectivity index (χ1) is 15.4. The van der Waals surface area contributed by atoms with Gasteiger partial charge in [0.15, 0.2) is 0 Å². The maximum atomic E-state index is 13.5. The van der Waals surface area contributed by atoms with Gasteiger partial charge in [0.25, 0.3) is 0 Å². The van der Waals surface area contributed by atoms with Gasteiger partial charge in [-0.3, -0.25) is 4.79 Å². The van der Waals surface area contributed by atoms with Crippen molar-refractivity contribution in [2.75, 3.05) is 11.9 Å². The molecule has 1 amide bonds. The molecule has 0 radical (unpaired) electrons. The predicted octanol–water partition coefficient (Wildman–Crippen LogP) is 6.03. The molecule has 1 saturated carbocycles. The highest BCUT2D eigenvalue weighted by molar-refractivity contribution is 7.89. The number of benzene rings is 2. The average molecular weight is 477 g/mol. The van der Waals surface area contributed by atoms with Crippen LogP contribution < -0.4 is 5.32 Å². The van der Waals surface area contributed by atoms with Gasteiger partial charge in [-0.2, -0.15) is 4.31 Å². The first kappa shape index (κ1) is 24.7. The van der Waals surface area contributed by atoms with E-state index in [-0.39, 0.29) is 23.4 Å². The molecule has 2 aromatic carbocycles. The van der Waals surface area contributed by atoms with Crippen molar-refractivity contribution >= 4 is 33.2 Å². The monoisotopic (exact) mass is 476 g/mol. The van der Waals surface area contributed by atoms with Crippen LogP contribution >= 0.6 is 11.6 Å². The van der Waals surface area contributed by atoms with Gasteiger partial charge in [-0.05, 0) is 67.6 Å². The average Bonchev–Trinajstić information content (AvgIpc) is 3.06. The van der Waals surface area contributed by atoms with Gasteiger partial charge in [-0.1, -0.05) is 62.8 Å². The maximum Gasteiger partial charge on any atom is 0.243 e. The van der Waals surface area contributed by atoms with E-state index in [4.69, 9.17) is 11.6 Å². The molecule has 0 aromatic heterocycles. The van der Waals surface area contributed by atoms with Crippen LogP contribution in [-0.4, -0.2) is 31.2 Å². The molecule has 0 saturated heterocycles. The Morgan fingerprint density at radius 1 is 1.00 bits per heavy atom. The lowest BCUT2D eigenvalue weighted by molar-refractivity contribution is -0.116. The van der Waals surface area contributed by atoms with E-state index in [1.54, 1.807) is 12.1 Å². The third kappa shape index (κ3) is 6.80. The number of rotatable bonds is 9. The largest absolute Gasteiger partial charge is 0.325 e. The molecule has 7 heteroatoms. The highest BCUT2D eigenvalue weighted by Crippen LogP contribution is 2.28. The number of halogens is 1. The molecule has 0 heterocycles. The fraction of sp³-hybridized carbons (Fsp3) is 0.480. The van der Waals surface area contributed by atoms with Crippen LogP contribution in [0.1, 0.15) is 63.9 Å². The molecule has 1 aliphatic rings. The molecule has 2 aromatic rings. The van der Waals surface area contributed by atoms with Crippen LogP contribution in [0.2, 0.25) is 5.02 Å². The van der Waals surface area contributed by atoms with Gasteiger partial charge in [0.2, 0.25) is 15.9 Å². The SMILES string of the molecule is CCCCc1ccc(NC(=O)CN(C2CCCCCC2)S(=O)(=O)c2ccc(Cl)cc2)cc1. The molecule has 0 unspecified atom stereocenters. The Hall–Kier alpha value is -1.89. The van der Waals surface area contributed by atoms with Crippen LogP contribution in [0.15, 0.2) is 53.4 Å². The number of carbonyl (C=O) groups excluding carboxylic acids is 1. The van der Waals surface area contributed by atoms with E-state index in [0.29, 0.717) is 10.7 Å². The van der Waals surface area contributed by atoms with Gasteiger partial charge in [0.1, 0.15) is 0 Å². The number of hydrogen-bond donors (Lipinski definition) is 1. The molecular formula is C25H33ClN2O3S. The van der Waals surface area contributed by atoms with Crippen molar-refractivity contribution < 1.29 is 13.2 Å². The Morgan fingerprint density at radius 3 is 2.22 bits per heavy atom. The zero-order valence-electron chi connectivity index (χ0n) is 18.7. The van der Waals surface area contributed by atoms with E-state index in [1.165, 1.54) is 22.0 Å². The van der Waals surface area contributed by atoms with Crippen LogP contribution in [-0.2, 0) is 21.2 Å². The number of nitrogens with one attached hydrogen (secondary N) is 1. The molecule has 5 nitrogen and oxygen atoms in total. The lowest BCUT2D eigenvalue weighted by Crippen LogP contribution is -2.44. The Kier molecular flexibility index (Phi) is 9.14. The number of carbonyl (C=O) groups is 1. The fourth-order valence-corrected chi connectivity index (χ4v) is 5.94. The molecule has 32 heavy (non-hydrogen) atoms. The van der Waals surface area contributed by atoms with Crippen LogP contribution in [0.4, 0.5) is 5.69 Å². The smallest absolute Gasteiger partial charge is 0.243 e. The third-order valence-corrected chi connectivity index (χ3v) is 8.17. The van der Waals surface area contributed by atoms with Crippen molar-refractivity contribution in [1.29, 1.82) is 0 Å².